The maximum absolute atomic E-state index is 12.3. The molecule has 7 nitrogen and oxygen atoms in total. The number of aromatic nitrogens is 2. The van der Waals surface area contributed by atoms with Crippen molar-refractivity contribution in [1.82, 2.24) is 20.4 Å². The zero-order valence-corrected chi connectivity index (χ0v) is 15.4. The van der Waals surface area contributed by atoms with Crippen LogP contribution in [-0.2, 0) is 22.5 Å². The predicted molar refractivity (Wildman–Crippen MR) is 92.8 cm³/mol. The quantitative estimate of drug-likeness (QED) is 0.807. The molecule has 1 atom stereocenters. The Kier molecular flexibility index (Phi) is 6.42. The number of amides is 1. The maximum atomic E-state index is 12.3. The van der Waals surface area contributed by atoms with Crippen LogP contribution in [0.1, 0.15) is 51.2 Å². The van der Waals surface area contributed by atoms with Gasteiger partial charge in [0, 0.05) is 25.5 Å². The van der Waals surface area contributed by atoms with Crippen molar-refractivity contribution < 1.29 is 14.1 Å². The lowest BCUT2D eigenvalue weighted by molar-refractivity contribution is -0.127. The third-order valence-electron chi connectivity index (χ3n) is 4.95. The highest BCUT2D eigenvalue weighted by atomic mass is 16.5. The minimum atomic E-state index is 0.108. The SMILES string of the molecule is CC(C)Cc1noc(CN2CCC(C(=O)NCC3CCCO3)CC2)n1. The molecule has 7 heteroatoms. The van der Waals surface area contributed by atoms with E-state index in [0.717, 1.165) is 57.6 Å². The van der Waals surface area contributed by atoms with Gasteiger partial charge < -0.3 is 14.6 Å². The monoisotopic (exact) mass is 350 g/mol. The smallest absolute Gasteiger partial charge is 0.240 e. The van der Waals surface area contributed by atoms with Crippen molar-refractivity contribution >= 4 is 5.91 Å². The molecule has 0 spiro atoms. The first-order valence-corrected chi connectivity index (χ1v) is 9.53. The summed E-state index contributed by atoms with van der Waals surface area (Å²) in [5.41, 5.74) is 0. The number of hydrogen-bond donors (Lipinski definition) is 1. The van der Waals surface area contributed by atoms with Crippen molar-refractivity contribution in [2.75, 3.05) is 26.2 Å². The Balaban J connectivity index is 1.37. The summed E-state index contributed by atoms with van der Waals surface area (Å²) in [6.07, 6.45) is 4.97. The number of likely N-dealkylation sites (tertiary alicyclic amines) is 1. The van der Waals surface area contributed by atoms with E-state index >= 15 is 0 Å². The van der Waals surface area contributed by atoms with Gasteiger partial charge in [0.1, 0.15) is 0 Å². The van der Waals surface area contributed by atoms with E-state index in [2.05, 4.69) is 34.2 Å². The van der Waals surface area contributed by atoms with Gasteiger partial charge in [-0.05, 0) is 44.7 Å². The summed E-state index contributed by atoms with van der Waals surface area (Å²) >= 11 is 0. The Bertz CT molecular complexity index is 546. The van der Waals surface area contributed by atoms with Gasteiger partial charge >= 0.3 is 0 Å². The molecule has 2 aliphatic rings. The van der Waals surface area contributed by atoms with Crippen LogP contribution >= 0.6 is 0 Å². The first-order valence-electron chi connectivity index (χ1n) is 9.53. The second-order valence-electron chi connectivity index (χ2n) is 7.63. The molecule has 0 saturated carbocycles. The van der Waals surface area contributed by atoms with Gasteiger partial charge in [0.2, 0.25) is 11.8 Å². The second kappa shape index (κ2) is 8.76. The number of nitrogens with zero attached hydrogens (tertiary/aromatic N) is 3. The molecule has 0 aliphatic carbocycles. The highest BCUT2D eigenvalue weighted by molar-refractivity contribution is 5.78. The van der Waals surface area contributed by atoms with Crippen molar-refractivity contribution in [3.63, 3.8) is 0 Å². The van der Waals surface area contributed by atoms with Gasteiger partial charge in [0.25, 0.3) is 0 Å². The predicted octanol–water partition coefficient (Wildman–Crippen LogP) is 1.78. The van der Waals surface area contributed by atoms with Crippen LogP contribution in [0.3, 0.4) is 0 Å². The fraction of sp³-hybridized carbons (Fsp3) is 0.833. The molecule has 1 aromatic rings. The average molecular weight is 350 g/mol. The van der Waals surface area contributed by atoms with E-state index in [9.17, 15) is 4.79 Å². The minimum Gasteiger partial charge on any atom is -0.376 e. The van der Waals surface area contributed by atoms with Crippen LogP contribution in [0.5, 0.6) is 0 Å². The summed E-state index contributed by atoms with van der Waals surface area (Å²) in [5.74, 6) is 2.27. The number of hydrogen-bond acceptors (Lipinski definition) is 6. The van der Waals surface area contributed by atoms with Gasteiger partial charge in [-0.3, -0.25) is 9.69 Å². The Morgan fingerprint density at radius 1 is 1.32 bits per heavy atom. The summed E-state index contributed by atoms with van der Waals surface area (Å²) in [4.78, 5) is 19.0. The number of piperidine rings is 1. The van der Waals surface area contributed by atoms with Crippen LogP contribution in [-0.4, -0.2) is 53.3 Å². The lowest BCUT2D eigenvalue weighted by Crippen LogP contribution is -2.42. The molecular formula is C18H30N4O3. The van der Waals surface area contributed by atoms with Crippen LogP contribution in [0.25, 0.3) is 0 Å². The van der Waals surface area contributed by atoms with Gasteiger partial charge in [0.15, 0.2) is 5.82 Å². The minimum absolute atomic E-state index is 0.108. The summed E-state index contributed by atoms with van der Waals surface area (Å²) in [6, 6.07) is 0. The van der Waals surface area contributed by atoms with Crippen molar-refractivity contribution in [1.29, 1.82) is 0 Å². The average Bonchev–Trinajstić information content (AvgIpc) is 3.25. The molecule has 1 unspecified atom stereocenters. The molecule has 1 amide bonds. The fourth-order valence-electron chi connectivity index (χ4n) is 3.51. The molecule has 2 aliphatic heterocycles. The van der Waals surface area contributed by atoms with E-state index < -0.39 is 0 Å². The number of nitrogens with one attached hydrogen (secondary N) is 1. The number of carbonyl (C=O) groups excluding carboxylic acids is 1. The number of rotatable bonds is 7. The molecule has 2 saturated heterocycles. The molecular weight excluding hydrogens is 320 g/mol. The second-order valence-corrected chi connectivity index (χ2v) is 7.63. The van der Waals surface area contributed by atoms with E-state index in [1.165, 1.54) is 0 Å². The summed E-state index contributed by atoms with van der Waals surface area (Å²) in [6.45, 7) is 8.22. The molecule has 140 valence electrons. The van der Waals surface area contributed by atoms with Gasteiger partial charge in [0.05, 0.1) is 12.6 Å². The van der Waals surface area contributed by atoms with E-state index in [1.54, 1.807) is 0 Å². The van der Waals surface area contributed by atoms with Crippen molar-refractivity contribution in [3.05, 3.63) is 11.7 Å². The zero-order chi connectivity index (χ0) is 17.6. The molecule has 0 aromatic carbocycles. The third kappa shape index (κ3) is 5.51. The normalized spacial score (nSPS) is 22.6. The first-order chi connectivity index (χ1) is 12.1. The van der Waals surface area contributed by atoms with Crippen molar-refractivity contribution in [2.45, 2.75) is 58.6 Å². The van der Waals surface area contributed by atoms with Crippen molar-refractivity contribution in [3.8, 4) is 0 Å². The molecule has 0 radical (unpaired) electrons. The number of carbonyl (C=O) groups is 1. The van der Waals surface area contributed by atoms with E-state index in [-0.39, 0.29) is 17.9 Å². The summed E-state index contributed by atoms with van der Waals surface area (Å²) in [5, 5.41) is 7.10. The Labute approximate surface area is 149 Å². The summed E-state index contributed by atoms with van der Waals surface area (Å²) in [7, 11) is 0. The Hall–Kier alpha value is -1.47. The topological polar surface area (TPSA) is 80.5 Å². The summed E-state index contributed by atoms with van der Waals surface area (Å²) < 4.78 is 10.9. The van der Waals surface area contributed by atoms with E-state index in [4.69, 9.17) is 9.26 Å². The van der Waals surface area contributed by atoms with E-state index in [1.807, 2.05) is 0 Å². The molecule has 1 N–H and O–H groups in total. The Morgan fingerprint density at radius 3 is 2.80 bits per heavy atom. The lowest BCUT2D eigenvalue weighted by Gasteiger charge is -2.30. The third-order valence-corrected chi connectivity index (χ3v) is 4.95. The largest absolute Gasteiger partial charge is 0.376 e. The molecule has 0 bridgehead atoms. The fourth-order valence-corrected chi connectivity index (χ4v) is 3.51. The van der Waals surface area contributed by atoms with Crippen LogP contribution in [0.2, 0.25) is 0 Å². The zero-order valence-electron chi connectivity index (χ0n) is 15.4. The van der Waals surface area contributed by atoms with Crippen molar-refractivity contribution in [2.24, 2.45) is 11.8 Å². The highest BCUT2D eigenvalue weighted by Crippen LogP contribution is 2.19. The van der Waals surface area contributed by atoms with Crippen LogP contribution in [0.4, 0.5) is 0 Å². The van der Waals surface area contributed by atoms with Crippen LogP contribution in [0, 0.1) is 11.8 Å². The van der Waals surface area contributed by atoms with Gasteiger partial charge in [-0.1, -0.05) is 19.0 Å². The standard InChI is InChI=1S/C18H30N4O3/c1-13(2)10-16-20-17(25-21-16)12-22-7-5-14(6-8-22)18(23)19-11-15-4-3-9-24-15/h13-15H,3-12H2,1-2H3,(H,19,23). The van der Waals surface area contributed by atoms with Gasteiger partial charge in [-0.15, -0.1) is 0 Å². The van der Waals surface area contributed by atoms with E-state index in [0.29, 0.717) is 24.9 Å². The molecule has 3 heterocycles. The Morgan fingerprint density at radius 2 is 2.12 bits per heavy atom. The molecule has 2 fully saturated rings. The number of ether oxygens (including phenoxy) is 1. The maximum Gasteiger partial charge on any atom is 0.240 e. The highest BCUT2D eigenvalue weighted by Gasteiger charge is 2.26. The molecule has 1 aromatic heterocycles. The molecule has 25 heavy (non-hydrogen) atoms. The molecule has 3 rings (SSSR count). The lowest BCUT2D eigenvalue weighted by atomic mass is 9.96. The van der Waals surface area contributed by atoms with Crippen LogP contribution < -0.4 is 5.32 Å². The van der Waals surface area contributed by atoms with Gasteiger partial charge in [-0.2, -0.15) is 4.98 Å². The first kappa shape index (κ1) is 18.3. The van der Waals surface area contributed by atoms with Gasteiger partial charge in [-0.25, -0.2) is 0 Å². The van der Waals surface area contributed by atoms with Crippen LogP contribution in [0.15, 0.2) is 4.52 Å².